The van der Waals surface area contributed by atoms with Gasteiger partial charge in [0.05, 0.1) is 7.11 Å². The highest BCUT2D eigenvalue weighted by Crippen LogP contribution is 2.23. The summed E-state index contributed by atoms with van der Waals surface area (Å²) in [6.07, 6.45) is 1.68. The van der Waals surface area contributed by atoms with Crippen LogP contribution in [0.5, 0.6) is 5.75 Å². The molecule has 3 nitrogen and oxygen atoms in total. The summed E-state index contributed by atoms with van der Waals surface area (Å²) in [6.45, 7) is 0.713. The second-order valence-electron chi connectivity index (χ2n) is 4.22. The van der Waals surface area contributed by atoms with Crippen LogP contribution in [0.4, 0.5) is 3.89 Å². The molecule has 1 aromatic carbocycles. The monoisotopic (exact) mass is 310 g/mol. The Labute approximate surface area is 124 Å². The fourth-order valence-electron chi connectivity index (χ4n) is 1.75. The van der Waals surface area contributed by atoms with Crippen molar-refractivity contribution in [3.63, 3.8) is 0 Å². The Morgan fingerprint density at radius 1 is 1.40 bits per heavy atom. The first-order valence-corrected chi connectivity index (χ1v) is 7.47. The van der Waals surface area contributed by atoms with Gasteiger partial charge in [-0.25, -0.2) is 4.98 Å². The number of methoxy groups -OCH3 is 1. The molecular formula is C14H16FN2OPS. The van der Waals surface area contributed by atoms with Crippen LogP contribution in [0.25, 0.3) is 0 Å². The van der Waals surface area contributed by atoms with Gasteiger partial charge in [-0.05, 0) is 29.3 Å². The molecule has 2 aromatic rings. The zero-order chi connectivity index (χ0) is 14.4. The number of nitrogens with zero attached hydrogens (tertiary/aromatic N) is 1. The number of benzene rings is 1. The van der Waals surface area contributed by atoms with E-state index in [0.717, 1.165) is 16.9 Å². The predicted molar refractivity (Wildman–Crippen MR) is 83.5 cm³/mol. The lowest BCUT2D eigenvalue weighted by atomic mass is 10.2. The quantitative estimate of drug-likeness (QED) is 0.824. The minimum atomic E-state index is 0.0624. The highest BCUT2D eigenvalue weighted by molar-refractivity contribution is 7.94. The van der Waals surface area contributed by atoms with Crippen LogP contribution in [0.3, 0.4) is 0 Å². The number of hydrogen-bond donors (Lipinski definition) is 1. The van der Waals surface area contributed by atoms with Gasteiger partial charge in [-0.15, -0.1) is 9.24 Å². The Hall–Kier alpha value is -1.16. The molecule has 2 atom stereocenters. The van der Waals surface area contributed by atoms with E-state index in [9.17, 15) is 3.89 Å². The Bertz CT molecular complexity index is 553. The maximum atomic E-state index is 12.3. The molecule has 0 aliphatic rings. The summed E-state index contributed by atoms with van der Waals surface area (Å²) in [5.74, 6) is 0.906. The minimum Gasteiger partial charge on any atom is -0.497 e. The van der Waals surface area contributed by atoms with E-state index >= 15 is 0 Å². The third-order valence-electron chi connectivity index (χ3n) is 2.86. The third-order valence-corrected chi connectivity index (χ3v) is 3.88. The Kier molecular flexibility index (Phi) is 5.77. The summed E-state index contributed by atoms with van der Waals surface area (Å²) in [4.78, 5) is 4.02. The number of halogens is 1. The molecule has 0 amide bonds. The average Bonchev–Trinajstić information content (AvgIpc) is 2.53. The largest absolute Gasteiger partial charge is 0.497 e. The highest BCUT2D eigenvalue weighted by Gasteiger charge is 2.06. The van der Waals surface area contributed by atoms with Gasteiger partial charge >= 0.3 is 0 Å². The maximum Gasteiger partial charge on any atom is 0.129 e. The molecule has 20 heavy (non-hydrogen) atoms. The summed E-state index contributed by atoms with van der Waals surface area (Å²) < 4.78 is 17.5. The number of hydrogen-bond acceptors (Lipinski definition) is 4. The van der Waals surface area contributed by atoms with Gasteiger partial charge in [0.15, 0.2) is 0 Å². The van der Waals surface area contributed by atoms with Crippen molar-refractivity contribution in [2.24, 2.45) is 0 Å². The van der Waals surface area contributed by atoms with Crippen molar-refractivity contribution in [3.05, 3.63) is 53.7 Å². The molecule has 0 fully saturated rings. The van der Waals surface area contributed by atoms with E-state index in [2.05, 4.69) is 19.5 Å². The molecular weight excluding hydrogens is 294 g/mol. The van der Waals surface area contributed by atoms with Crippen molar-refractivity contribution < 1.29 is 8.62 Å². The van der Waals surface area contributed by atoms with E-state index in [4.69, 9.17) is 4.74 Å². The van der Waals surface area contributed by atoms with Gasteiger partial charge in [0, 0.05) is 18.5 Å². The molecule has 2 rings (SSSR count). The Morgan fingerprint density at radius 3 is 2.90 bits per heavy atom. The van der Waals surface area contributed by atoms with E-state index in [1.54, 1.807) is 19.4 Å². The van der Waals surface area contributed by atoms with Crippen LogP contribution in [0.1, 0.15) is 16.9 Å². The van der Waals surface area contributed by atoms with Crippen LogP contribution in [0.2, 0.25) is 0 Å². The molecule has 6 heteroatoms. The molecule has 2 unspecified atom stereocenters. The van der Waals surface area contributed by atoms with Gasteiger partial charge in [0.25, 0.3) is 0 Å². The first-order chi connectivity index (χ1) is 9.72. The molecule has 1 aromatic heterocycles. The first-order valence-electron chi connectivity index (χ1n) is 6.09. The zero-order valence-electron chi connectivity index (χ0n) is 11.0. The number of pyridine rings is 1. The summed E-state index contributed by atoms with van der Waals surface area (Å²) in [5, 5.41) is 3.74. The highest BCUT2D eigenvalue weighted by atomic mass is 32.2. The van der Waals surface area contributed by atoms with Crippen LogP contribution >= 0.6 is 21.4 Å². The van der Waals surface area contributed by atoms with E-state index in [1.807, 2.05) is 30.3 Å². The molecule has 1 heterocycles. The normalized spacial score (nSPS) is 12.2. The summed E-state index contributed by atoms with van der Waals surface area (Å²) in [6, 6.07) is 11.4. The lowest BCUT2D eigenvalue weighted by molar-refractivity contribution is 0.414. The van der Waals surface area contributed by atoms with Gasteiger partial charge < -0.3 is 10.1 Å². The number of rotatable bonds is 6. The van der Waals surface area contributed by atoms with Crippen molar-refractivity contribution in [2.75, 3.05) is 7.11 Å². The van der Waals surface area contributed by atoms with Crippen molar-refractivity contribution in [3.8, 4) is 5.75 Å². The zero-order valence-corrected chi connectivity index (χ0v) is 13.0. The molecule has 0 aliphatic carbocycles. The Balaban J connectivity index is 1.95. The second kappa shape index (κ2) is 7.58. The van der Waals surface area contributed by atoms with Gasteiger partial charge in [0.1, 0.15) is 22.9 Å². The predicted octanol–water partition coefficient (Wildman–Crippen LogP) is 3.73. The van der Waals surface area contributed by atoms with Gasteiger partial charge in [0.2, 0.25) is 0 Å². The van der Waals surface area contributed by atoms with Crippen molar-refractivity contribution in [1.29, 1.82) is 0 Å². The molecule has 0 saturated heterocycles. The number of nitrogens with one attached hydrogen (secondary N) is 1. The SMILES string of the molecule is COc1cccc(CNC(P)c2ccc(SF)nc2)c1. The summed E-state index contributed by atoms with van der Waals surface area (Å²) in [7, 11) is 4.37. The van der Waals surface area contributed by atoms with Crippen LogP contribution in [0.15, 0.2) is 47.6 Å². The molecule has 0 spiro atoms. The molecule has 106 valence electrons. The van der Waals surface area contributed by atoms with Crippen LogP contribution in [-0.4, -0.2) is 12.1 Å². The Morgan fingerprint density at radius 2 is 2.25 bits per heavy atom. The lowest BCUT2D eigenvalue weighted by Crippen LogP contribution is -2.16. The summed E-state index contributed by atoms with van der Waals surface area (Å²) in [5.41, 5.74) is 2.14. The molecule has 0 bridgehead atoms. The van der Waals surface area contributed by atoms with Crippen molar-refractivity contribution in [1.82, 2.24) is 10.3 Å². The maximum absolute atomic E-state index is 12.3. The topological polar surface area (TPSA) is 34.1 Å². The van der Waals surface area contributed by atoms with Gasteiger partial charge in [-0.1, -0.05) is 18.2 Å². The molecule has 0 aliphatic heterocycles. The van der Waals surface area contributed by atoms with E-state index in [0.29, 0.717) is 11.6 Å². The van der Waals surface area contributed by atoms with Crippen molar-refractivity contribution in [2.45, 2.75) is 17.4 Å². The number of ether oxygens (including phenoxy) is 1. The van der Waals surface area contributed by atoms with E-state index < -0.39 is 0 Å². The minimum absolute atomic E-state index is 0.0624. The van der Waals surface area contributed by atoms with E-state index in [-0.39, 0.29) is 17.9 Å². The molecule has 0 radical (unpaired) electrons. The fourth-order valence-corrected chi connectivity index (χ4v) is 2.28. The summed E-state index contributed by atoms with van der Waals surface area (Å²) >= 11 is 0.151. The van der Waals surface area contributed by atoms with Crippen LogP contribution in [-0.2, 0) is 6.54 Å². The van der Waals surface area contributed by atoms with E-state index in [1.165, 1.54) is 0 Å². The second-order valence-corrected chi connectivity index (χ2v) is 5.46. The number of aromatic nitrogens is 1. The standard InChI is InChI=1S/C14H16FN2OPS/c1-18-12-4-2-3-10(7-12)8-17-14(19)11-5-6-13(20-15)16-9-11/h2-7,9,14,17H,8,19H2,1H3. The van der Waals surface area contributed by atoms with Gasteiger partial charge in [-0.2, -0.15) is 3.89 Å². The third kappa shape index (κ3) is 4.17. The van der Waals surface area contributed by atoms with Crippen molar-refractivity contribution >= 4 is 21.4 Å². The van der Waals surface area contributed by atoms with Crippen LogP contribution < -0.4 is 10.1 Å². The van der Waals surface area contributed by atoms with Gasteiger partial charge in [-0.3, -0.25) is 0 Å². The first kappa shape index (κ1) is 15.2. The molecule has 0 saturated carbocycles. The smallest absolute Gasteiger partial charge is 0.129 e. The fraction of sp³-hybridized carbons (Fsp3) is 0.214. The molecule has 1 N–H and O–H groups in total. The average molecular weight is 310 g/mol. The van der Waals surface area contributed by atoms with Crippen LogP contribution in [0, 0.1) is 0 Å². The lowest BCUT2D eigenvalue weighted by Gasteiger charge is -2.14.